The Morgan fingerprint density at radius 2 is 1.83 bits per heavy atom. The second kappa shape index (κ2) is 4.77. The first-order valence-electron chi connectivity index (χ1n) is 3.23. The van der Waals surface area contributed by atoms with Crippen molar-refractivity contribution in [3.05, 3.63) is 11.1 Å². The molecule has 0 saturated heterocycles. The monoisotopic (exact) mass is 192 g/mol. The molecule has 68 valence electrons. The molecule has 12 heavy (non-hydrogen) atoms. The van der Waals surface area contributed by atoms with Gasteiger partial charge >= 0.3 is 11.9 Å². The average Bonchev–Trinajstić information content (AvgIpc) is 1.84. The molecule has 0 atom stereocenters. The molecule has 0 aromatic carbocycles. The van der Waals surface area contributed by atoms with E-state index in [1.807, 2.05) is 0 Å². The molecule has 5 heteroatoms. The summed E-state index contributed by atoms with van der Waals surface area (Å²) in [5.41, 5.74) is 0. The lowest BCUT2D eigenvalue weighted by atomic mass is 10.1. The number of rotatable bonds is 4. The highest BCUT2D eigenvalue weighted by Crippen LogP contribution is 2.09. The average molecular weight is 193 g/mol. The molecule has 0 aliphatic rings. The summed E-state index contributed by atoms with van der Waals surface area (Å²) in [6.07, 6.45) is 1.29. The van der Waals surface area contributed by atoms with Crippen molar-refractivity contribution in [2.45, 2.75) is 13.3 Å². The van der Waals surface area contributed by atoms with E-state index in [0.29, 0.717) is 5.03 Å². The van der Waals surface area contributed by atoms with Crippen molar-refractivity contribution < 1.29 is 19.8 Å². The molecular formula is C7H9ClO4. The summed E-state index contributed by atoms with van der Waals surface area (Å²) in [6, 6.07) is 0. The molecule has 0 rings (SSSR count). The zero-order valence-corrected chi connectivity index (χ0v) is 7.21. The van der Waals surface area contributed by atoms with Gasteiger partial charge in [-0.1, -0.05) is 17.7 Å². The van der Waals surface area contributed by atoms with E-state index in [0.717, 1.165) is 0 Å². The van der Waals surface area contributed by atoms with Crippen LogP contribution in [-0.4, -0.2) is 22.2 Å². The molecule has 0 radical (unpaired) electrons. The minimum absolute atomic E-state index is 0.0833. The molecule has 0 unspecified atom stereocenters. The number of hydrogen-bond donors (Lipinski definition) is 2. The van der Waals surface area contributed by atoms with Gasteiger partial charge in [-0.2, -0.15) is 0 Å². The van der Waals surface area contributed by atoms with Gasteiger partial charge in [0, 0.05) is 5.03 Å². The number of carbonyl (C=O) groups is 2. The molecule has 0 amide bonds. The molecule has 0 aromatic rings. The zero-order valence-electron chi connectivity index (χ0n) is 6.45. The molecule has 0 saturated carbocycles. The molecule has 2 N–H and O–H groups in total. The first-order chi connectivity index (χ1) is 5.45. The summed E-state index contributed by atoms with van der Waals surface area (Å²) in [5.74, 6) is -4.10. The highest BCUT2D eigenvalue weighted by atomic mass is 35.5. The van der Waals surface area contributed by atoms with Crippen molar-refractivity contribution in [3.63, 3.8) is 0 Å². The van der Waals surface area contributed by atoms with Gasteiger partial charge in [0.25, 0.3) is 0 Å². The molecule has 0 fully saturated rings. The van der Waals surface area contributed by atoms with Crippen molar-refractivity contribution in [1.82, 2.24) is 0 Å². The number of halogens is 1. The Labute approximate surface area is 74.5 Å². The predicted molar refractivity (Wildman–Crippen MR) is 43.0 cm³/mol. The summed E-state index contributed by atoms with van der Waals surface area (Å²) < 4.78 is 0. The third kappa shape index (κ3) is 3.98. The summed E-state index contributed by atoms with van der Waals surface area (Å²) in [6.45, 7) is 1.56. The highest BCUT2D eigenvalue weighted by molar-refractivity contribution is 6.29. The van der Waals surface area contributed by atoms with Gasteiger partial charge in [0.2, 0.25) is 0 Å². The van der Waals surface area contributed by atoms with Crippen LogP contribution in [0.3, 0.4) is 0 Å². The topological polar surface area (TPSA) is 74.6 Å². The normalized spacial score (nSPS) is 11.8. The second-order valence-corrected chi connectivity index (χ2v) is 2.85. The van der Waals surface area contributed by atoms with E-state index in [1.165, 1.54) is 6.08 Å². The van der Waals surface area contributed by atoms with Gasteiger partial charge in [0.05, 0.1) is 0 Å². The molecule has 0 bridgehead atoms. The Bertz CT molecular complexity index is 203. The van der Waals surface area contributed by atoms with Crippen molar-refractivity contribution in [2.75, 3.05) is 0 Å². The van der Waals surface area contributed by atoms with E-state index >= 15 is 0 Å². The maximum absolute atomic E-state index is 10.3. The summed E-state index contributed by atoms with van der Waals surface area (Å²) >= 11 is 5.41. The number of carboxylic acid groups (broad SMARTS) is 2. The standard InChI is InChI=1S/C7H9ClO4/c1-4(8)2-3-5(6(9)10)7(11)12/h2,5H,3H2,1H3,(H,9,10)(H,11,12)/b4-2-. The van der Waals surface area contributed by atoms with Gasteiger partial charge in [-0.25, -0.2) is 0 Å². The number of allylic oxidation sites excluding steroid dienone is 2. The minimum atomic E-state index is -1.40. The lowest BCUT2D eigenvalue weighted by Crippen LogP contribution is -2.22. The summed E-state index contributed by atoms with van der Waals surface area (Å²) in [4.78, 5) is 20.6. The molecular weight excluding hydrogens is 184 g/mol. The van der Waals surface area contributed by atoms with E-state index in [1.54, 1.807) is 6.92 Å². The SMILES string of the molecule is C/C(Cl)=C/CC(C(=O)O)C(=O)O. The predicted octanol–water partition coefficient (Wildman–Crippen LogP) is 1.30. The largest absolute Gasteiger partial charge is 0.481 e. The van der Waals surface area contributed by atoms with Crippen LogP contribution in [0.2, 0.25) is 0 Å². The fourth-order valence-electron chi connectivity index (χ4n) is 0.588. The van der Waals surface area contributed by atoms with E-state index in [9.17, 15) is 9.59 Å². The van der Waals surface area contributed by atoms with E-state index in [-0.39, 0.29) is 6.42 Å². The Hall–Kier alpha value is -1.03. The van der Waals surface area contributed by atoms with Crippen LogP contribution in [-0.2, 0) is 9.59 Å². The molecule has 4 nitrogen and oxygen atoms in total. The van der Waals surface area contributed by atoms with Gasteiger partial charge < -0.3 is 10.2 Å². The molecule has 0 heterocycles. The van der Waals surface area contributed by atoms with Crippen LogP contribution in [0.25, 0.3) is 0 Å². The Morgan fingerprint density at radius 1 is 1.42 bits per heavy atom. The van der Waals surface area contributed by atoms with E-state index in [2.05, 4.69) is 0 Å². The number of hydrogen-bond acceptors (Lipinski definition) is 2. The maximum atomic E-state index is 10.3. The lowest BCUT2D eigenvalue weighted by molar-refractivity contribution is -0.154. The van der Waals surface area contributed by atoms with Crippen molar-refractivity contribution in [3.8, 4) is 0 Å². The smallest absolute Gasteiger partial charge is 0.318 e. The molecule has 0 aliphatic carbocycles. The molecule has 0 aromatic heterocycles. The minimum Gasteiger partial charge on any atom is -0.481 e. The van der Waals surface area contributed by atoms with Crippen LogP contribution in [0.5, 0.6) is 0 Å². The first-order valence-corrected chi connectivity index (χ1v) is 3.60. The van der Waals surface area contributed by atoms with Crippen molar-refractivity contribution in [2.24, 2.45) is 5.92 Å². The van der Waals surface area contributed by atoms with Gasteiger partial charge in [-0.15, -0.1) is 0 Å². The van der Waals surface area contributed by atoms with Crippen LogP contribution in [0.15, 0.2) is 11.1 Å². The highest BCUT2D eigenvalue weighted by Gasteiger charge is 2.23. The fraction of sp³-hybridized carbons (Fsp3) is 0.429. The summed E-state index contributed by atoms with van der Waals surface area (Å²) in [7, 11) is 0. The van der Waals surface area contributed by atoms with Gasteiger partial charge in [0.15, 0.2) is 5.92 Å². The molecule has 0 spiro atoms. The second-order valence-electron chi connectivity index (χ2n) is 2.26. The number of aliphatic carboxylic acids is 2. The Morgan fingerprint density at radius 3 is 2.08 bits per heavy atom. The van der Waals surface area contributed by atoms with Crippen LogP contribution in [0, 0.1) is 5.92 Å². The maximum Gasteiger partial charge on any atom is 0.318 e. The van der Waals surface area contributed by atoms with E-state index < -0.39 is 17.9 Å². The quantitative estimate of drug-likeness (QED) is 0.659. The zero-order chi connectivity index (χ0) is 9.72. The molecule has 0 aliphatic heterocycles. The third-order valence-corrected chi connectivity index (χ3v) is 1.39. The third-order valence-electron chi connectivity index (χ3n) is 1.23. The first kappa shape index (κ1) is 11.0. The van der Waals surface area contributed by atoms with Gasteiger partial charge in [0.1, 0.15) is 0 Å². The van der Waals surface area contributed by atoms with Crippen LogP contribution in [0.1, 0.15) is 13.3 Å². The lowest BCUT2D eigenvalue weighted by Gasteiger charge is -2.02. The summed E-state index contributed by atoms with van der Waals surface area (Å²) in [5, 5.41) is 17.2. The van der Waals surface area contributed by atoms with Crippen LogP contribution < -0.4 is 0 Å². The number of carboxylic acids is 2. The fourth-order valence-corrected chi connectivity index (χ4v) is 0.677. The van der Waals surface area contributed by atoms with Gasteiger partial charge in [-0.05, 0) is 13.3 Å². The Kier molecular flexibility index (Phi) is 4.36. The van der Waals surface area contributed by atoms with Gasteiger partial charge in [-0.3, -0.25) is 9.59 Å². The Balaban J connectivity index is 4.25. The van der Waals surface area contributed by atoms with E-state index in [4.69, 9.17) is 21.8 Å². The van der Waals surface area contributed by atoms with Crippen LogP contribution in [0.4, 0.5) is 0 Å². The van der Waals surface area contributed by atoms with Crippen molar-refractivity contribution >= 4 is 23.5 Å². The van der Waals surface area contributed by atoms with Crippen molar-refractivity contribution in [1.29, 1.82) is 0 Å². The van der Waals surface area contributed by atoms with Crippen LogP contribution >= 0.6 is 11.6 Å².